The molecule has 1 aliphatic carbocycles. The molecule has 3 heterocycles. The van der Waals surface area contributed by atoms with Crippen LogP contribution in [0.25, 0.3) is 0 Å². The van der Waals surface area contributed by atoms with E-state index in [4.69, 9.17) is 9.47 Å². The number of ketones is 2. The van der Waals surface area contributed by atoms with Gasteiger partial charge in [0.1, 0.15) is 12.1 Å². The summed E-state index contributed by atoms with van der Waals surface area (Å²) < 4.78 is 9.51. The fourth-order valence-corrected chi connectivity index (χ4v) is 10.0. The Kier molecular flexibility index (Phi) is 14.8. The Morgan fingerprint density at radius 2 is 0.938 bits per heavy atom. The van der Waals surface area contributed by atoms with Crippen molar-refractivity contribution in [3.63, 3.8) is 0 Å². The molecule has 0 spiro atoms. The molecule has 13 heteroatoms. The topological polar surface area (TPSA) is 155 Å². The number of likely N-dealkylation sites (tertiary alicyclic amines) is 2. The largest absolute Gasteiger partial charge is 0.453 e. The van der Waals surface area contributed by atoms with Crippen molar-refractivity contribution >= 4 is 41.3 Å². The molecule has 1 saturated carbocycles. The van der Waals surface area contributed by atoms with E-state index in [1.807, 2.05) is 52.0 Å². The number of hydrogen-bond donors (Lipinski definition) is 2. The Bertz CT molecular complexity index is 2030. The molecule has 3 saturated heterocycles. The number of methoxy groups -OCH3 is 2. The monoisotopic (exact) mass is 875 g/mol. The Labute approximate surface area is 377 Å². The van der Waals surface area contributed by atoms with Crippen LogP contribution < -0.4 is 15.5 Å². The van der Waals surface area contributed by atoms with Crippen LogP contribution in [-0.2, 0) is 41.5 Å². The van der Waals surface area contributed by atoms with Crippen molar-refractivity contribution in [2.45, 2.75) is 134 Å². The fourth-order valence-electron chi connectivity index (χ4n) is 10.0. The molecule has 342 valence electrons. The van der Waals surface area contributed by atoms with Gasteiger partial charge in [-0.3, -0.25) is 19.2 Å². The summed E-state index contributed by atoms with van der Waals surface area (Å²) in [5.41, 5.74) is 6.64. The highest BCUT2D eigenvalue weighted by atomic mass is 16.5. The molecule has 3 aromatic rings. The molecular formula is C51H65N5O8. The SMILES string of the molecule is COC(=O)N[C@H](C(=O)N1CCC[C@H]1C(=O)Cc1ccc([C@H]2CC[C@H](c3ccc(CC(=O)[C@@H]4CCCN4C(=O)[C@@H](NC(=O)OC)C(C)C)cc3)N2c2ccc(C3CC3)cc2)cc1)C(C)C. The second-order valence-corrected chi connectivity index (χ2v) is 18.7. The van der Waals surface area contributed by atoms with Crippen molar-refractivity contribution in [1.82, 2.24) is 20.4 Å². The molecule has 0 radical (unpaired) electrons. The zero-order valence-electron chi connectivity index (χ0n) is 38.2. The third-order valence-corrected chi connectivity index (χ3v) is 13.7. The van der Waals surface area contributed by atoms with E-state index in [1.54, 1.807) is 9.80 Å². The number of hydrogen-bond acceptors (Lipinski definition) is 9. The number of amides is 4. The lowest BCUT2D eigenvalue weighted by Crippen LogP contribution is -2.53. The molecule has 4 fully saturated rings. The molecule has 3 aliphatic heterocycles. The van der Waals surface area contributed by atoms with Gasteiger partial charge in [0.25, 0.3) is 0 Å². The van der Waals surface area contributed by atoms with Crippen LogP contribution in [0.1, 0.15) is 125 Å². The van der Waals surface area contributed by atoms with Crippen molar-refractivity contribution in [2.75, 3.05) is 32.2 Å². The molecule has 2 N–H and O–H groups in total. The lowest BCUT2D eigenvalue weighted by atomic mass is 9.97. The maximum absolute atomic E-state index is 13.8. The number of Topliss-reactive ketones (excluding diaryl/α,β-unsaturated/α-hetero) is 2. The average molecular weight is 876 g/mol. The van der Waals surface area contributed by atoms with Gasteiger partial charge < -0.3 is 34.8 Å². The lowest BCUT2D eigenvalue weighted by molar-refractivity contribution is -0.140. The average Bonchev–Trinajstić information content (AvgIpc) is 3.62. The van der Waals surface area contributed by atoms with E-state index in [0.29, 0.717) is 31.8 Å². The molecule has 6 atom stereocenters. The van der Waals surface area contributed by atoms with Gasteiger partial charge in [-0.25, -0.2) is 9.59 Å². The Hall–Kier alpha value is -5.72. The number of rotatable bonds is 16. The number of nitrogens with one attached hydrogen (secondary N) is 2. The summed E-state index contributed by atoms with van der Waals surface area (Å²) in [6.45, 7) is 8.39. The molecule has 13 nitrogen and oxygen atoms in total. The number of nitrogens with zero attached hydrogens (tertiary/aromatic N) is 3. The minimum absolute atomic E-state index is 0.00982. The van der Waals surface area contributed by atoms with Gasteiger partial charge in [0.2, 0.25) is 11.8 Å². The maximum Gasteiger partial charge on any atom is 0.407 e. The Morgan fingerprint density at radius 3 is 1.30 bits per heavy atom. The van der Waals surface area contributed by atoms with Crippen molar-refractivity contribution in [1.29, 1.82) is 0 Å². The molecule has 64 heavy (non-hydrogen) atoms. The highest BCUT2D eigenvalue weighted by Crippen LogP contribution is 2.48. The first-order valence-electron chi connectivity index (χ1n) is 23.2. The van der Waals surface area contributed by atoms with E-state index in [2.05, 4.69) is 64.1 Å². The van der Waals surface area contributed by atoms with E-state index in [1.165, 1.54) is 32.6 Å². The summed E-state index contributed by atoms with van der Waals surface area (Å²) in [5, 5.41) is 5.31. The van der Waals surface area contributed by atoms with Crippen LogP contribution in [0.5, 0.6) is 0 Å². The highest BCUT2D eigenvalue weighted by Gasteiger charge is 2.41. The third-order valence-electron chi connectivity index (χ3n) is 13.7. The van der Waals surface area contributed by atoms with Gasteiger partial charge in [0.05, 0.1) is 38.4 Å². The second kappa shape index (κ2) is 20.4. The number of alkyl carbamates (subject to hydrolysis) is 2. The smallest absolute Gasteiger partial charge is 0.407 e. The summed E-state index contributed by atoms with van der Waals surface area (Å²) in [4.78, 5) is 84.6. The van der Waals surface area contributed by atoms with E-state index < -0.39 is 36.4 Å². The predicted octanol–water partition coefficient (Wildman–Crippen LogP) is 7.61. The number of ether oxygens (including phenoxy) is 2. The van der Waals surface area contributed by atoms with Crippen LogP contribution in [0.4, 0.5) is 15.3 Å². The van der Waals surface area contributed by atoms with Crippen LogP contribution in [0.3, 0.4) is 0 Å². The van der Waals surface area contributed by atoms with Gasteiger partial charge >= 0.3 is 12.2 Å². The number of anilines is 1. The minimum Gasteiger partial charge on any atom is -0.453 e. The normalized spacial score (nSPS) is 21.8. The summed E-state index contributed by atoms with van der Waals surface area (Å²) in [6, 6.07) is 23.3. The zero-order chi connectivity index (χ0) is 45.7. The Morgan fingerprint density at radius 1 is 0.547 bits per heavy atom. The van der Waals surface area contributed by atoms with Crippen molar-refractivity contribution in [2.24, 2.45) is 11.8 Å². The first-order valence-corrected chi connectivity index (χ1v) is 23.2. The Balaban J connectivity index is 1.04. The second-order valence-electron chi connectivity index (χ2n) is 18.7. The van der Waals surface area contributed by atoms with Crippen LogP contribution in [-0.4, -0.2) is 96.8 Å². The van der Waals surface area contributed by atoms with Crippen molar-refractivity contribution in [3.05, 3.63) is 101 Å². The van der Waals surface area contributed by atoms with Crippen molar-refractivity contribution in [3.8, 4) is 0 Å². The van der Waals surface area contributed by atoms with E-state index in [9.17, 15) is 28.8 Å². The van der Waals surface area contributed by atoms with E-state index >= 15 is 0 Å². The lowest BCUT2D eigenvalue weighted by Gasteiger charge is -2.33. The van der Waals surface area contributed by atoms with Crippen LogP contribution >= 0.6 is 0 Å². The standard InChI is InChI=1S/C51H65N5O8/c1-31(2)46(52-50(61)63-5)48(59)54-27-7-9-42(54)44(57)29-33-11-15-37(16-12-33)40-25-26-41(56(40)39-23-21-36(22-24-39)35-19-20-35)38-17-13-34(14-18-38)30-45(58)43-10-8-28-55(43)49(60)47(32(3)4)53-51(62)64-6/h11-18,21-24,31-32,35,40-43,46-47H,7-10,19-20,25-30H2,1-6H3,(H,52,61)(H,53,62)/t40-,41-,42+,43+,46+,47+/m1/s1. The number of carbonyl (C=O) groups excluding carboxylic acids is 6. The molecule has 0 aromatic heterocycles. The van der Waals surface area contributed by atoms with Crippen molar-refractivity contribution < 1.29 is 38.2 Å². The van der Waals surface area contributed by atoms with Gasteiger partial charge in [0, 0.05) is 31.6 Å². The van der Waals surface area contributed by atoms with Gasteiger partial charge in [-0.1, -0.05) is 88.4 Å². The van der Waals surface area contributed by atoms with Crippen LogP contribution in [0, 0.1) is 11.8 Å². The van der Waals surface area contributed by atoms with Crippen LogP contribution in [0.2, 0.25) is 0 Å². The maximum atomic E-state index is 13.8. The third kappa shape index (κ3) is 10.5. The summed E-state index contributed by atoms with van der Waals surface area (Å²) in [7, 11) is 2.53. The summed E-state index contributed by atoms with van der Waals surface area (Å²) >= 11 is 0. The number of carbonyl (C=O) groups is 6. The van der Waals surface area contributed by atoms with Crippen LogP contribution in [0.15, 0.2) is 72.8 Å². The first kappa shape index (κ1) is 46.3. The molecule has 4 aliphatic rings. The highest BCUT2D eigenvalue weighted by molar-refractivity contribution is 5.94. The van der Waals surface area contributed by atoms with E-state index in [0.717, 1.165) is 53.6 Å². The quantitative estimate of drug-likeness (QED) is 0.148. The first-order chi connectivity index (χ1) is 30.8. The molecule has 7 rings (SSSR count). The summed E-state index contributed by atoms with van der Waals surface area (Å²) in [6.07, 6.45) is 6.04. The van der Waals surface area contributed by atoms with E-state index in [-0.39, 0.29) is 60.1 Å². The fraction of sp³-hybridized carbons (Fsp3) is 0.529. The molecule has 4 amide bonds. The van der Waals surface area contributed by atoms with Gasteiger partial charge in [-0.15, -0.1) is 0 Å². The summed E-state index contributed by atoms with van der Waals surface area (Å²) in [5.74, 6) is -0.232. The molecule has 0 unspecified atom stereocenters. The van der Waals surface area contributed by atoms with Gasteiger partial charge in [-0.05, 0) is 109 Å². The molecule has 3 aromatic carbocycles. The molecular weight excluding hydrogens is 811 g/mol. The minimum atomic E-state index is -0.778. The number of benzene rings is 3. The zero-order valence-corrected chi connectivity index (χ0v) is 38.2. The van der Waals surface area contributed by atoms with Gasteiger partial charge in [-0.2, -0.15) is 0 Å². The predicted molar refractivity (Wildman–Crippen MR) is 244 cm³/mol. The molecule has 0 bridgehead atoms. The van der Waals surface area contributed by atoms with Gasteiger partial charge in [0.15, 0.2) is 11.6 Å².